The number of halogens is 1. The summed E-state index contributed by atoms with van der Waals surface area (Å²) in [5.74, 6) is 0.484. The van der Waals surface area contributed by atoms with Gasteiger partial charge >= 0.3 is 0 Å². The van der Waals surface area contributed by atoms with E-state index in [0.29, 0.717) is 23.2 Å². The Kier molecular flexibility index (Phi) is 4.10. The monoisotopic (exact) mass is 250 g/mol. The summed E-state index contributed by atoms with van der Waals surface area (Å²) in [6, 6.07) is 3.73. The third-order valence-corrected chi connectivity index (χ3v) is 4.11. The molecule has 1 saturated carbocycles. The van der Waals surface area contributed by atoms with Crippen LogP contribution in [0.15, 0.2) is 12.1 Å². The number of benzene rings is 1. The lowest BCUT2D eigenvalue weighted by Gasteiger charge is -2.32. The van der Waals surface area contributed by atoms with Crippen molar-refractivity contribution in [3.63, 3.8) is 0 Å². The Hall–Kier alpha value is -1.25. The van der Waals surface area contributed by atoms with Gasteiger partial charge in [-0.15, -0.1) is 0 Å². The van der Waals surface area contributed by atoms with Crippen molar-refractivity contribution < 1.29 is 4.39 Å². The Morgan fingerprint density at radius 3 is 2.78 bits per heavy atom. The molecule has 1 fully saturated rings. The molecule has 2 rings (SSSR count). The molecule has 18 heavy (non-hydrogen) atoms. The Balaban J connectivity index is 2.15. The standard InChI is InChI=1S/C15H23FN2/c1-3-11-6-4-5-7-14(11)18-15-8-10(2)12(16)9-13(15)17/h8-9,11,14,18H,3-7,17H2,1-2H3. The largest absolute Gasteiger partial charge is 0.397 e. The van der Waals surface area contributed by atoms with Gasteiger partial charge in [0.1, 0.15) is 5.82 Å². The number of hydrogen-bond donors (Lipinski definition) is 2. The van der Waals surface area contributed by atoms with Crippen LogP contribution in [0.25, 0.3) is 0 Å². The summed E-state index contributed by atoms with van der Waals surface area (Å²) < 4.78 is 13.4. The molecule has 0 aromatic heterocycles. The van der Waals surface area contributed by atoms with E-state index in [4.69, 9.17) is 5.73 Å². The number of aryl methyl sites for hydroxylation is 1. The van der Waals surface area contributed by atoms with Crippen LogP contribution in [0.3, 0.4) is 0 Å². The molecule has 1 aliphatic carbocycles. The van der Waals surface area contributed by atoms with Gasteiger partial charge in [-0.1, -0.05) is 26.2 Å². The Morgan fingerprint density at radius 1 is 1.33 bits per heavy atom. The van der Waals surface area contributed by atoms with Crippen LogP contribution >= 0.6 is 0 Å². The summed E-state index contributed by atoms with van der Waals surface area (Å²) in [5.41, 5.74) is 7.94. The fraction of sp³-hybridized carbons (Fsp3) is 0.600. The van der Waals surface area contributed by atoms with E-state index < -0.39 is 0 Å². The van der Waals surface area contributed by atoms with Gasteiger partial charge in [0, 0.05) is 6.04 Å². The van der Waals surface area contributed by atoms with E-state index in [2.05, 4.69) is 12.2 Å². The molecule has 0 saturated heterocycles. The molecule has 0 bridgehead atoms. The summed E-state index contributed by atoms with van der Waals surface area (Å²) in [4.78, 5) is 0. The van der Waals surface area contributed by atoms with Crippen molar-refractivity contribution in [2.24, 2.45) is 5.92 Å². The van der Waals surface area contributed by atoms with Crippen LogP contribution in [0, 0.1) is 18.7 Å². The molecule has 2 unspecified atom stereocenters. The SMILES string of the molecule is CCC1CCCCC1Nc1cc(C)c(F)cc1N. The molecule has 3 heteroatoms. The average Bonchev–Trinajstić information content (AvgIpc) is 2.36. The fourth-order valence-electron chi connectivity index (χ4n) is 2.91. The fourth-order valence-corrected chi connectivity index (χ4v) is 2.91. The third kappa shape index (κ3) is 2.77. The third-order valence-electron chi connectivity index (χ3n) is 4.11. The van der Waals surface area contributed by atoms with Gasteiger partial charge in [-0.2, -0.15) is 0 Å². The van der Waals surface area contributed by atoms with Gasteiger partial charge < -0.3 is 11.1 Å². The van der Waals surface area contributed by atoms with E-state index in [0.717, 1.165) is 5.69 Å². The molecule has 2 nitrogen and oxygen atoms in total. The van der Waals surface area contributed by atoms with E-state index in [1.54, 1.807) is 6.92 Å². The maximum Gasteiger partial charge on any atom is 0.128 e. The highest BCUT2D eigenvalue weighted by Gasteiger charge is 2.24. The highest BCUT2D eigenvalue weighted by molar-refractivity contribution is 5.67. The number of anilines is 2. The molecule has 0 aliphatic heterocycles. The maximum atomic E-state index is 13.4. The molecule has 2 atom stereocenters. The highest BCUT2D eigenvalue weighted by Crippen LogP contribution is 2.31. The van der Waals surface area contributed by atoms with Crippen molar-refractivity contribution in [3.05, 3.63) is 23.5 Å². The average molecular weight is 250 g/mol. The first-order valence-electron chi connectivity index (χ1n) is 6.94. The lowest BCUT2D eigenvalue weighted by atomic mass is 9.82. The quantitative estimate of drug-likeness (QED) is 0.793. The highest BCUT2D eigenvalue weighted by atomic mass is 19.1. The van der Waals surface area contributed by atoms with Crippen LogP contribution < -0.4 is 11.1 Å². The predicted molar refractivity (Wildman–Crippen MR) is 75.2 cm³/mol. The van der Waals surface area contributed by atoms with Crippen LogP contribution in [0.4, 0.5) is 15.8 Å². The molecule has 0 heterocycles. The Bertz CT molecular complexity index is 417. The Labute approximate surface area is 109 Å². The van der Waals surface area contributed by atoms with Crippen molar-refractivity contribution in [2.45, 2.75) is 52.0 Å². The van der Waals surface area contributed by atoms with Crippen molar-refractivity contribution in [1.82, 2.24) is 0 Å². The van der Waals surface area contributed by atoms with Crippen molar-refractivity contribution in [3.8, 4) is 0 Å². The molecule has 0 amide bonds. The lowest BCUT2D eigenvalue weighted by molar-refractivity contribution is 0.317. The van der Waals surface area contributed by atoms with E-state index in [1.165, 1.54) is 38.2 Å². The number of nitrogens with two attached hydrogens (primary N) is 1. The van der Waals surface area contributed by atoms with Gasteiger partial charge in [0.25, 0.3) is 0 Å². The molecule has 3 N–H and O–H groups in total. The molecule has 1 aliphatic rings. The first-order chi connectivity index (χ1) is 8.61. The van der Waals surface area contributed by atoms with Crippen LogP contribution in [0.1, 0.15) is 44.6 Å². The van der Waals surface area contributed by atoms with Gasteiger partial charge in [-0.3, -0.25) is 0 Å². The molecule has 1 aromatic rings. The van der Waals surface area contributed by atoms with Crippen molar-refractivity contribution in [1.29, 1.82) is 0 Å². The summed E-state index contributed by atoms with van der Waals surface area (Å²) in [5, 5.41) is 3.53. The Morgan fingerprint density at radius 2 is 2.06 bits per heavy atom. The second-order valence-electron chi connectivity index (χ2n) is 5.39. The summed E-state index contributed by atoms with van der Waals surface area (Å²) in [6.45, 7) is 4.02. The molecule has 1 aromatic carbocycles. The predicted octanol–water partition coefficient (Wildman–Crippen LogP) is 4.10. The molecule has 100 valence electrons. The van der Waals surface area contributed by atoms with E-state index in [1.807, 2.05) is 6.07 Å². The zero-order chi connectivity index (χ0) is 13.1. The van der Waals surface area contributed by atoms with Gasteiger partial charge in [0.05, 0.1) is 11.4 Å². The first-order valence-corrected chi connectivity index (χ1v) is 6.94. The lowest BCUT2D eigenvalue weighted by Crippen LogP contribution is -2.32. The molecular formula is C15H23FN2. The minimum absolute atomic E-state index is 0.228. The number of nitrogen functional groups attached to an aromatic ring is 1. The second kappa shape index (κ2) is 5.59. The minimum atomic E-state index is -0.228. The van der Waals surface area contributed by atoms with E-state index in [9.17, 15) is 4.39 Å². The summed E-state index contributed by atoms with van der Waals surface area (Å²) in [7, 11) is 0. The number of hydrogen-bond acceptors (Lipinski definition) is 2. The first kappa shape index (κ1) is 13.2. The van der Waals surface area contributed by atoms with Crippen LogP contribution in [0.5, 0.6) is 0 Å². The molecule has 0 spiro atoms. The minimum Gasteiger partial charge on any atom is -0.397 e. The van der Waals surface area contributed by atoms with Gasteiger partial charge in [0.2, 0.25) is 0 Å². The van der Waals surface area contributed by atoms with Crippen LogP contribution in [-0.4, -0.2) is 6.04 Å². The van der Waals surface area contributed by atoms with Gasteiger partial charge in [-0.05, 0) is 43.4 Å². The zero-order valence-electron chi connectivity index (χ0n) is 11.3. The summed E-state index contributed by atoms with van der Waals surface area (Å²) in [6.07, 6.45) is 6.27. The molecule has 0 radical (unpaired) electrons. The topological polar surface area (TPSA) is 38.0 Å². The van der Waals surface area contributed by atoms with Gasteiger partial charge in [0.15, 0.2) is 0 Å². The number of nitrogens with one attached hydrogen (secondary N) is 1. The number of rotatable bonds is 3. The van der Waals surface area contributed by atoms with E-state index >= 15 is 0 Å². The zero-order valence-corrected chi connectivity index (χ0v) is 11.3. The van der Waals surface area contributed by atoms with Crippen LogP contribution in [-0.2, 0) is 0 Å². The maximum absolute atomic E-state index is 13.4. The second-order valence-corrected chi connectivity index (χ2v) is 5.39. The van der Waals surface area contributed by atoms with Crippen molar-refractivity contribution in [2.75, 3.05) is 11.1 Å². The van der Waals surface area contributed by atoms with Crippen molar-refractivity contribution >= 4 is 11.4 Å². The normalized spacial score (nSPS) is 23.9. The van der Waals surface area contributed by atoms with E-state index in [-0.39, 0.29) is 5.82 Å². The summed E-state index contributed by atoms with van der Waals surface area (Å²) >= 11 is 0. The van der Waals surface area contributed by atoms with Crippen LogP contribution in [0.2, 0.25) is 0 Å². The van der Waals surface area contributed by atoms with Gasteiger partial charge in [-0.25, -0.2) is 4.39 Å². The molecular weight excluding hydrogens is 227 g/mol. The smallest absolute Gasteiger partial charge is 0.128 e.